The van der Waals surface area contributed by atoms with E-state index in [9.17, 15) is 14.7 Å². The number of aromatic nitrogens is 2. The van der Waals surface area contributed by atoms with Crippen LogP contribution in [0.2, 0.25) is 0 Å². The maximum absolute atomic E-state index is 12.8. The zero-order valence-electron chi connectivity index (χ0n) is 19.3. The van der Waals surface area contributed by atoms with Gasteiger partial charge in [0.15, 0.2) is 16.3 Å². The molecule has 0 aliphatic carbocycles. The van der Waals surface area contributed by atoms with E-state index in [0.717, 1.165) is 12.8 Å². The summed E-state index contributed by atoms with van der Waals surface area (Å²) in [6, 6.07) is 2.89. The Balaban J connectivity index is 2.13. The molecule has 1 aromatic carbocycles. The zero-order chi connectivity index (χ0) is 24.3. The Hall–Kier alpha value is -3.34. The molecule has 2 heterocycles. The van der Waals surface area contributed by atoms with Crippen molar-refractivity contribution in [2.45, 2.75) is 45.7 Å². The van der Waals surface area contributed by atoms with E-state index in [1.807, 2.05) is 6.92 Å². The van der Waals surface area contributed by atoms with Gasteiger partial charge in [-0.2, -0.15) is 5.10 Å². The molecule has 1 atom stereocenters. The summed E-state index contributed by atoms with van der Waals surface area (Å²) in [5.41, 5.74) is 0.324. The Kier molecular flexibility index (Phi) is 7.42. The van der Waals surface area contributed by atoms with Crippen molar-refractivity contribution in [3.63, 3.8) is 0 Å². The molecule has 33 heavy (non-hydrogen) atoms. The van der Waals surface area contributed by atoms with Gasteiger partial charge in [-0.1, -0.05) is 13.3 Å². The van der Waals surface area contributed by atoms with Crippen LogP contribution in [-0.2, 0) is 11.3 Å². The van der Waals surface area contributed by atoms with Crippen molar-refractivity contribution in [3.05, 3.63) is 38.4 Å². The van der Waals surface area contributed by atoms with Crippen LogP contribution in [0.5, 0.6) is 23.1 Å². The smallest absolute Gasteiger partial charge is 0.264 e. The molecular formula is C22H28N4O6S. The van der Waals surface area contributed by atoms with Crippen molar-refractivity contribution in [1.29, 1.82) is 0 Å². The van der Waals surface area contributed by atoms with Gasteiger partial charge in [-0.15, -0.1) is 0 Å². The van der Waals surface area contributed by atoms with Crippen LogP contribution >= 0.6 is 12.2 Å². The molecule has 1 aliphatic rings. The van der Waals surface area contributed by atoms with Crippen molar-refractivity contribution in [2.24, 2.45) is 5.10 Å². The zero-order valence-corrected chi connectivity index (χ0v) is 20.1. The second kappa shape index (κ2) is 10.1. The summed E-state index contributed by atoms with van der Waals surface area (Å²) in [6.07, 6.45) is 1.83. The van der Waals surface area contributed by atoms with Gasteiger partial charge < -0.3 is 19.3 Å². The van der Waals surface area contributed by atoms with Crippen LogP contribution in [0.1, 0.15) is 50.3 Å². The lowest BCUT2D eigenvalue weighted by Gasteiger charge is -2.24. The Morgan fingerprint density at radius 2 is 1.94 bits per heavy atom. The molecule has 3 rings (SSSR count). The first kappa shape index (κ1) is 24.3. The number of carbonyl (C=O) groups excluding carboxylic acids is 1. The Labute approximate surface area is 196 Å². The maximum atomic E-state index is 12.8. The molecular weight excluding hydrogens is 448 g/mol. The quantitative estimate of drug-likeness (QED) is 0.562. The summed E-state index contributed by atoms with van der Waals surface area (Å²) in [4.78, 5) is 27.8. The highest BCUT2D eigenvalue weighted by atomic mass is 32.1. The molecule has 10 nitrogen and oxygen atoms in total. The van der Waals surface area contributed by atoms with Crippen molar-refractivity contribution in [1.82, 2.24) is 14.6 Å². The van der Waals surface area contributed by atoms with Crippen molar-refractivity contribution < 1.29 is 24.1 Å². The minimum Gasteiger partial charge on any atom is -0.494 e. The second-order valence-corrected chi connectivity index (χ2v) is 7.90. The molecule has 0 fully saturated rings. The Morgan fingerprint density at radius 3 is 2.52 bits per heavy atom. The largest absolute Gasteiger partial charge is 0.494 e. The number of nitrogens with one attached hydrogen (secondary N) is 1. The van der Waals surface area contributed by atoms with Gasteiger partial charge in [0.1, 0.15) is 5.56 Å². The molecule has 1 aromatic heterocycles. The van der Waals surface area contributed by atoms with Gasteiger partial charge in [0.2, 0.25) is 17.5 Å². The molecule has 0 bridgehead atoms. The number of hydrogen-bond acceptors (Lipinski definition) is 8. The van der Waals surface area contributed by atoms with Gasteiger partial charge in [0, 0.05) is 25.5 Å². The number of methoxy groups -OCH3 is 3. The molecule has 0 saturated carbocycles. The third-order valence-electron chi connectivity index (χ3n) is 5.52. The first-order valence-electron chi connectivity index (χ1n) is 10.5. The summed E-state index contributed by atoms with van der Waals surface area (Å²) < 4.78 is 18.0. The van der Waals surface area contributed by atoms with Gasteiger partial charge in [-0.3, -0.25) is 19.1 Å². The monoisotopic (exact) mass is 476 g/mol. The van der Waals surface area contributed by atoms with E-state index in [0.29, 0.717) is 29.4 Å². The number of carbonyl (C=O) groups is 1. The lowest BCUT2D eigenvalue weighted by Crippen LogP contribution is -2.25. The average Bonchev–Trinajstić information content (AvgIpc) is 3.22. The molecule has 2 N–H and O–H groups in total. The number of aromatic amines is 1. The van der Waals surface area contributed by atoms with Crippen LogP contribution in [0.15, 0.2) is 22.0 Å². The molecule has 178 valence electrons. The number of rotatable bonds is 8. The maximum Gasteiger partial charge on any atom is 0.264 e. The van der Waals surface area contributed by atoms with Crippen LogP contribution in [0.4, 0.5) is 0 Å². The van der Waals surface area contributed by atoms with E-state index in [1.54, 1.807) is 12.1 Å². The molecule has 0 spiro atoms. The molecule has 0 unspecified atom stereocenters. The molecule has 2 aromatic rings. The summed E-state index contributed by atoms with van der Waals surface area (Å²) in [5.74, 6) is 0.643. The van der Waals surface area contributed by atoms with Gasteiger partial charge in [0.25, 0.3) is 5.56 Å². The van der Waals surface area contributed by atoms with Crippen molar-refractivity contribution in [2.75, 3.05) is 21.3 Å². The van der Waals surface area contributed by atoms with Crippen LogP contribution in [0, 0.1) is 4.77 Å². The fourth-order valence-corrected chi connectivity index (χ4v) is 4.19. The number of benzene rings is 1. The Morgan fingerprint density at radius 1 is 1.24 bits per heavy atom. The Bertz CT molecular complexity index is 1200. The molecule has 0 radical (unpaired) electrons. The number of nitrogens with zero attached hydrogens (tertiary/aromatic N) is 3. The van der Waals surface area contributed by atoms with Gasteiger partial charge in [-0.25, -0.2) is 5.01 Å². The first-order chi connectivity index (χ1) is 15.8. The third-order valence-corrected chi connectivity index (χ3v) is 5.84. The lowest BCUT2D eigenvalue weighted by atomic mass is 9.97. The predicted octanol–water partition coefficient (Wildman–Crippen LogP) is 3.13. The van der Waals surface area contributed by atoms with Crippen LogP contribution in [0.3, 0.4) is 0 Å². The van der Waals surface area contributed by atoms with E-state index >= 15 is 0 Å². The van der Waals surface area contributed by atoms with Crippen molar-refractivity contribution >= 4 is 23.8 Å². The summed E-state index contributed by atoms with van der Waals surface area (Å²) in [5, 5.41) is 16.6. The molecule has 1 aliphatic heterocycles. The predicted molar refractivity (Wildman–Crippen MR) is 125 cm³/mol. The summed E-state index contributed by atoms with van der Waals surface area (Å²) >= 11 is 5.22. The van der Waals surface area contributed by atoms with Crippen molar-refractivity contribution in [3.8, 4) is 23.1 Å². The highest BCUT2D eigenvalue weighted by molar-refractivity contribution is 7.71. The van der Waals surface area contributed by atoms with E-state index in [-0.39, 0.29) is 34.3 Å². The first-order valence-corrected chi connectivity index (χ1v) is 10.9. The van der Waals surface area contributed by atoms with E-state index in [1.165, 1.54) is 37.8 Å². The van der Waals surface area contributed by atoms with E-state index in [4.69, 9.17) is 26.4 Å². The number of aromatic hydroxyl groups is 1. The minimum atomic E-state index is -0.585. The SMILES string of the molecule is CCCCn1c(O)c(C2=NN(C(C)=O)[C@H](c3ccc(OC)c(OC)c3OC)C2)c(=O)[nH]c1=S. The number of ether oxygens (including phenoxy) is 3. The topological polar surface area (TPSA) is 118 Å². The summed E-state index contributed by atoms with van der Waals surface area (Å²) in [6.45, 7) is 3.84. The number of H-pyrrole nitrogens is 1. The van der Waals surface area contributed by atoms with E-state index in [2.05, 4.69) is 10.1 Å². The highest BCUT2D eigenvalue weighted by Crippen LogP contribution is 2.46. The van der Waals surface area contributed by atoms with Crippen LogP contribution < -0.4 is 19.8 Å². The number of hydrazone groups is 1. The lowest BCUT2D eigenvalue weighted by molar-refractivity contribution is -0.130. The van der Waals surface area contributed by atoms with Gasteiger partial charge in [0.05, 0.1) is 33.1 Å². The number of unbranched alkanes of at least 4 members (excludes halogenated alkanes) is 1. The highest BCUT2D eigenvalue weighted by Gasteiger charge is 2.37. The fourth-order valence-electron chi connectivity index (χ4n) is 3.92. The van der Waals surface area contributed by atoms with Crippen LogP contribution in [0.25, 0.3) is 0 Å². The average molecular weight is 477 g/mol. The minimum absolute atomic E-state index is 0.00658. The molecule has 0 saturated heterocycles. The van der Waals surface area contributed by atoms with E-state index < -0.39 is 11.6 Å². The molecule has 1 amide bonds. The van der Waals surface area contributed by atoms with Crippen LogP contribution in [-0.4, -0.2) is 52.6 Å². The number of hydrogen-bond donors (Lipinski definition) is 2. The van der Waals surface area contributed by atoms with Gasteiger partial charge in [-0.05, 0) is 30.8 Å². The normalized spacial score (nSPS) is 15.4. The summed E-state index contributed by atoms with van der Waals surface area (Å²) in [7, 11) is 4.50. The standard InChI is InChI=1S/C22H28N4O6S/c1-6-7-10-25-21(29)17(20(28)23-22(25)33)14-11-15(26(24-14)12(2)27)13-8-9-16(30-3)19(32-5)18(13)31-4/h8-9,15,29H,6-7,10-11H2,1-5H3,(H,23,28,33)/t15-/m0/s1. The fraction of sp³-hybridized carbons (Fsp3) is 0.455. The number of amides is 1. The van der Waals surface area contributed by atoms with Gasteiger partial charge >= 0.3 is 0 Å². The second-order valence-electron chi connectivity index (χ2n) is 7.52. The third kappa shape index (κ3) is 4.45. The molecule has 11 heteroatoms.